The van der Waals surface area contributed by atoms with Gasteiger partial charge in [-0.05, 0) is 31.2 Å². The van der Waals surface area contributed by atoms with Crippen molar-refractivity contribution in [3.05, 3.63) is 36.4 Å². The van der Waals surface area contributed by atoms with Crippen molar-refractivity contribution < 1.29 is 19.0 Å². The maximum absolute atomic E-state index is 12.5. The first kappa shape index (κ1) is 16.6. The van der Waals surface area contributed by atoms with Crippen molar-refractivity contribution in [2.45, 2.75) is 17.3 Å². The average molecular weight is 371 g/mol. The Morgan fingerprint density at radius 3 is 2.96 bits per heavy atom. The predicted octanol–water partition coefficient (Wildman–Crippen LogP) is 3.42. The highest BCUT2D eigenvalue weighted by Crippen LogP contribution is 2.34. The number of nitrogens with one attached hydrogen (secondary N) is 2. The number of carbonyl (C=O) groups excluding carboxylic acids is 1. The Morgan fingerprint density at radius 2 is 2.12 bits per heavy atom. The van der Waals surface area contributed by atoms with Crippen LogP contribution in [0.2, 0.25) is 0 Å². The lowest BCUT2D eigenvalue weighted by Crippen LogP contribution is -2.22. The first-order chi connectivity index (χ1) is 12.6. The molecular formula is C18H17N3O4S. The van der Waals surface area contributed by atoms with Crippen molar-refractivity contribution in [3.8, 4) is 17.2 Å². The van der Waals surface area contributed by atoms with E-state index in [1.54, 1.807) is 25.3 Å². The summed E-state index contributed by atoms with van der Waals surface area (Å²) < 4.78 is 15.8. The number of amides is 1. The lowest BCUT2D eigenvalue weighted by Gasteiger charge is -2.11. The number of benzene rings is 2. The number of imidazole rings is 1. The van der Waals surface area contributed by atoms with Gasteiger partial charge in [0, 0.05) is 17.8 Å². The van der Waals surface area contributed by atoms with Crippen LogP contribution in [0.1, 0.15) is 6.92 Å². The molecule has 0 fully saturated rings. The molecule has 0 radical (unpaired) electrons. The molecule has 0 saturated heterocycles. The number of hydrogen-bond acceptors (Lipinski definition) is 6. The molecule has 2 heterocycles. The Kier molecular flexibility index (Phi) is 4.34. The summed E-state index contributed by atoms with van der Waals surface area (Å²) >= 11 is 1.36. The van der Waals surface area contributed by atoms with E-state index >= 15 is 0 Å². The molecule has 0 spiro atoms. The van der Waals surface area contributed by atoms with Crippen LogP contribution in [-0.4, -0.2) is 35.0 Å². The lowest BCUT2D eigenvalue weighted by molar-refractivity contribution is -0.115. The third-order valence-electron chi connectivity index (χ3n) is 3.97. The number of hydrogen-bond donors (Lipinski definition) is 2. The van der Waals surface area contributed by atoms with Crippen molar-refractivity contribution in [3.63, 3.8) is 0 Å². The number of nitrogens with zero attached hydrogens (tertiary/aromatic N) is 1. The molecule has 8 heteroatoms. The molecule has 26 heavy (non-hydrogen) atoms. The summed E-state index contributed by atoms with van der Waals surface area (Å²) in [6.07, 6.45) is 0. The van der Waals surface area contributed by atoms with Gasteiger partial charge >= 0.3 is 0 Å². The maximum atomic E-state index is 12.5. The van der Waals surface area contributed by atoms with Gasteiger partial charge in [0.25, 0.3) is 0 Å². The maximum Gasteiger partial charge on any atom is 0.237 e. The number of ether oxygens (including phenoxy) is 3. The van der Waals surface area contributed by atoms with Gasteiger partial charge in [-0.3, -0.25) is 4.79 Å². The lowest BCUT2D eigenvalue weighted by atomic mass is 10.2. The fraction of sp³-hybridized carbons (Fsp3) is 0.222. The number of aromatic nitrogens is 2. The van der Waals surface area contributed by atoms with Crippen LogP contribution in [0.4, 0.5) is 5.69 Å². The molecule has 0 unspecified atom stereocenters. The van der Waals surface area contributed by atoms with Crippen LogP contribution in [0.3, 0.4) is 0 Å². The number of rotatable bonds is 5. The van der Waals surface area contributed by atoms with Crippen molar-refractivity contribution >= 4 is 34.4 Å². The van der Waals surface area contributed by atoms with Gasteiger partial charge in [-0.25, -0.2) is 4.98 Å². The molecule has 2 N–H and O–H groups in total. The van der Waals surface area contributed by atoms with E-state index in [0.29, 0.717) is 22.3 Å². The molecule has 0 aliphatic carbocycles. The molecule has 4 rings (SSSR count). The second-order valence-electron chi connectivity index (χ2n) is 5.74. The smallest absolute Gasteiger partial charge is 0.237 e. The molecule has 1 aliphatic heterocycles. The van der Waals surface area contributed by atoms with Crippen molar-refractivity contribution in [1.29, 1.82) is 0 Å². The van der Waals surface area contributed by atoms with Crippen molar-refractivity contribution in [2.75, 3.05) is 19.2 Å². The summed E-state index contributed by atoms with van der Waals surface area (Å²) in [7, 11) is 1.62. The molecule has 1 atom stereocenters. The van der Waals surface area contributed by atoms with Crippen LogP contribution < -0.4 is 19.5 Å². The Labute approximate surface area is 154 Å². The normalized spacial score (nSPS) is 13.6. The van der Waals surface area contributed by atoms with E-state index in [-0.39, 0.29) is 18.0 Å². The van der Waals surface area contributed by atoms with Gasteiger partial charge in [0.05, 0.1) is 23.4 Å². The Morgan fingerprint density at radius 1 is 1.27 bits per heavy atom. The monoisotopic (exact) mass is 371 g/mol. The highest BCUT2D eigenvalue weighted by Gasteiger charge is 2.19. The minimum Gasteiger partial charge on any atom is -0.497 e. The van der Waals surface area contributed by atoms with Crippen molar-refractivity contribution in [1.82, 2.24) is 9.97 Å². The number of fused-ring (bicyclic) bond motifs is 2. The van der Waals surface area contributed by atoms with Crippen LogP contribution in [0.5, 0.6) is 17.2 Å². The van der Waals surface area contributed by atoms with E-state index in [9.17, 15) is 4.79 Å². The molecule has 0 bridgehead atoms. The van der Waals surface area contributed by atoms with E-state index in [0.717, 1.165) is 16.8 Å². The molecular weight excluding hydrogens is 354 g/mol. The second kappa shape index (κ2) is 6.80. The zero-order valence-corrected chi connectivity index (χ0v) is 15.1. The molecule has 1 amide bonds. The highest BCUT2D eigenvalue weighted by molar-refractivity contribution is 8.00. The van der Waals surface area contributed by atoms with Gasteiger partial charge in [-0.15, -0.1) is 0 Å². The number of thioether (sulfide) groups is 1. The Bertz CT molecular complexity index is 972. The topological polar surface area (TPSA) is 85.5 Å². The van der Waals surface area contributed by atoms with Crippen LogP contribution in [0, 0.1) is 0 Å². The zero-order chi connectivity index (χ0) is 18.1. The van der Waals surface area contributed by atoms with E-state index in [1.807, 2.05) is 25.1 Å². The third kappa shape index (κ3) is 3.28. The molecule has 0 saturated carbocycles. The summed E-state index contributed by atoms with van der Waals surface area (Å²) in [6, 6.07) is 10.9. The summed E-state index contributed by atoms with van der Waals surface area (Å²) in [5.74, 6) is 1.95. The summed E-state index contributed by atoms with van der Waals surface area (Å²) in [4.78, 5) is 20.2. The summed E-state index contributed by atoms with van der Waals surface area (Å²) in [5, 5.41) is 3.24. The van der Waals surface area contributed by atoms with Crippen LogP contribution in [-0.2, 0) is 4.79 Å². The molecule has 1 aromatic heterocycles. The van der Waals surface area contributed by atoms with E-state index < -0.39 is 0 Å². The van der Waals surface area contributed by atoms with Gasteiger partial charge < -0.3 is 24.5 Å². The van der Waals surface area contributed by atoms with Gasteiger partial charge in [0.1, 0.15) is 5.75 Å². The average Bonchev–Trinajstić information content (AvgIpc) is 3.26. The van der Waals surface area contributed by atoms with E-state index in [2.05, 4.69) is 15.3 Å². The quantitative estimate of drug-likeness (QED) is 0.669. The number of methoxy groups -OCH3 is 1. The molecule has 7 nitrogen and oxygen atoms in total. The fourth-order valence-electron chi connectivity index (χ4n) is 2.59. The first-order valence-electron chi connectivity index (χ1n) is 8.03. The molecule has 2 aromatic carbocycles. The Hall–Kier alpha value is -2.87. The van der Waals surface area contributed by atoms with Crippen LogP contribution in [0.15, 0.2) is 41.6 Å². The molecule has 134 valence electrons. The minimum absolute atomic E-state index is 0.119. The predicted molar refractivity (Wildman–Crippen MR) is 99.2 cm³/mol. The highest BCUT2D eigenvalue weighted by atomic mass is 32.2. The van der Waals surface area contributed by atoms with Gasteiger partial charge in [0.2, 0.25) is 12.7 Å². The van der Waals surface area contributed by atoms with Gasteiger partial charge in [0.15, 0.2) is 16.7 Å². The number of aromatic amines is 1. The summed E-state index contributed by atoms with van der Waals surface area (Å²) in [5.41, 5.74) is 2.37. The SMILES string of the molecule is COc1ccc2nc(S[C@@H](C)C(=O)Nc3ccc4c(c3)OCO4)[nH]c2c1. The molecule has 3 aromatic rings. The van der Waals surface area contributed by atoms with Gasteiger partial charge in [-0.1, -0.05) is 11.8 Å². The minimum atomic E-state index is -0.331. The fourth-order valence-corrected chi connectivity index (χ4v) is 3.41. The second-order valence-corrected chi connectivity index (χ2v) is 7.07. The number of H-pyrrole nitrogens is 1. The van der Waals surface area contributed by atoms with Gasteiger partial charge in [-0.2, -0.15) is 0 Å². The standard InChI is InChI=1S/C18H17N3O4S/c1-10(17(22)19-11-3-6-15-16(7-11)25-9-24-15)26-18-20-13-5-4-12(23-2)8-14(13)21-18/h3-8,10H,9H2,1-2H3,(H,19,22)(H,20,21)/t10-/m0/s1. The van der Waals surface area contributed by atoms with Crippen LogP contribution in [0.25, 0.3) is 11.0 Å². The summed E-state index contributed by atoms with van der Waals surface area (Å²) in [6.45, 7) is 2.04. The van der Waals surface area contributed by atoms with E-state index in [1.165, 1.54) is 11.8 Å². The third-order valence-corrected chi connectivity index (χ3v) is 4.95. The molecule has 1 aliphatic rings. The number of anilines is 1. The van der Waals surface area contributed by atoms with E-state index in [4.69, 9.17) is 14.2 Å². The first-order valence-corrected chi connectivity index (χ1v) is 8.91. The zero-order valence-electron chi connectivity index (χ0n) is 14.2. The van der Waals surface area contributed by atoms with Crippen molar-refractivity contribution in [2.24, 2.45) is 0 Å². The largest absolute Gasteiger partial charge is 0.497 e. The Balaban J connectivity index is 1.44. The number of carbonyl (C=O) groups is 1. The van der Waals surface area contributed by atoms with Crippen LogP contribution >= 0.6 is 11.8 Å².